The summed E-state index contributed by atoms with van der Waals surface area (Å²) in [7, 11) is 0. The lowest BCUT2D eigenvalue weighted by Crippen LogP contribution is -2.52. The monoisotopic (exact) mass is 388 g/mol. The van der Waals surface area contributed by atoms with Crippen molar-refractivity contribution in [3.8, 4) is 0 Å². The molecule has 1 aliphatic rings. The average Bonchev–Trinajstić information content (AvgIpc) is 2.65. The largest absolute Gasteiger partial charge is 0.378 e. The molecule has 156 valence electrons. The zero-order valence-corrected chi connectivity index (χ0v) is 18.1. The van der Waals surface area contributed by atoms with Crippen LogP contribution < -0.4 is 5.32 Å². The third-order valence-corrected chi connectivity index (χ3v) is 5.12. The van der Waals surface area contributed by atoms with Crippen LogP contribution in [0.5, 0.6) is 0 Å². The average molecular weight is 389 g/mol. The first kappa shape index (κ1) is 22.4. The molecule has 1 saturated heterocycles. The Morgan fingerprint density at radius 1 is 1.11 bits per heavy atom. The van der Waals surface area contributed by atoms with Crippen molar-refractivity contribution in [3.63, 3.8) is 0 Å². The topological polar surface area (TPSA) is 58.6 Å². The van der Waals surface area contributed by atoms with E-state index < -0.39 is 6.04 Å². The zero-order valence-electron chi connectivity index (χ0n) is 18.1. The molecule has 1 fully saturated rings. The van der Waals surface area contributed by atoms with Gasteiger partial charge in [0.2, 0.25) is 11.8 Å². The number of aryl methyl sites for hydroxylation is 1. The third kappa shape index (κ3) is 6.93. The molecule has 2 amide bonds. The summed E-state index contributed by atoms with van der Waals surface area (Å²) in [6.07, 6.45) is 1.72. The Labute approximate surface area is 169 Å². The van der Waals surface area contributed by atoms with E-state index in [1.54, 1.807) is 0 Å². The number of morpholine rings is 1. The zero-order chi connectivity index (χ0) is 20.7. The molecule has 1 unspecified atom stereocenters. The number of carbonyl (C=O) groups excluding carboxylic acids is 2. The molecular weight excluding hydrogens is 352 g/mol. The number of hydrogen-bond acceptors (Lipinski definition) is 3. The summed E-state index contributed by atoms with van der Waals surface area (Å²) < 4.78 is 5.33. The van der Waals surface area contributed by atoms with Crippen molar-refractivity contribution in [1.82, 2.24) is 10.2 Å². The van der Waals surface area contributed by atoms with Gasteiger partial charge in [0.1, 0.15) is 6.04 Å². The molecule has 5 nitrogen and oxygen atoms in total. The minimum absolute atomic E-state index is 0.0138. The molecule has 1 aromatic rings. The Bertz CT molecular complexity index is 641. The molecular formula is C23H36N2O3. The van der Waals surface area contributed by atoms with Gasteiger partial charge in [-0.2, -0.15) is 0 Å². The fourth-order valence-electron chi connectivity index (χ4n) is 3.39. The van der Waals surface area contributed by atoms with Gasteiger partial charge in [-0.1, -0.05) is 58.9 Å². The van der Waals surface area contributed by atoms with Gasteiger partial charge in [0.05, 0.1) is 13.2 Å². The molecule has 2 rings (SSSR count). The number of amides is 2. The predicted molar refractivity (Wildman–Crippen MR) is 112 cm³/mol. The smallest absolute Gasteiger partial charge is 0.245 e. The number of carbonyl (C=O) groups is 2. The number of rotatable bonds is 7. The van der Waals surface area contributed by atoms with Crippen LogP contribution in [0.25, 0.3) is 0 Å². The van der Waals surface area contributed by atoms with Gasteiger partial charge in [0.25, 0.3) is 0 Å². The van der Waals surface area contributed by atoms with Gasteiger partial charge >= 0.3 is 0 Å². The van der Waals surface area contributed by atoms with Crippen LogP contribution in [0.4, 0.5) is 0 Å². The second-order valence-corrected chi connectivity index (χ2v) is 9.13. The molecule has 28 heavy (non-hydrogen) atoms. The quantitative estimate of drug-likeness (QED) is 0.780. The van der Waals surface area contributed by atoms with Crippen molar-refractivity contribution in [1.29, 1.82) is 0 Å². The van der Waals surface area contributed by atoms with Crippen molar-refractivity contribution in [2.45, 2.75) is 65.3 Å². The minimum Gasteiger partial charge on any atom is -0.378 e. The Balaban J connectivity index is 1.90. The van der Waals surface area contributed by atoms with Gasteiger partial charge in [0.15, 0.2) is 0 Å². The maximum atomic E-state index is 12.8. The van der Waals surface area contributed by atoms with E-state index in [1.165, 1.54) is 5.56 Å². The van der Waals surface area contributed by atoms with Crippen LogP contribution in [0.2, 0.25) is 0 Å². The maximum Gasteiger partial charge on any atom is 0.245 e. The van der Waals surface area contributed by atoms with E-state index in [-0.39, 0.29) is 17.2 Å². The van der Waals surface area contributed by atoms with E-state index in [4.69, 9.17) is 4.74 Å². The lowest BCUT2D eigenvalue weighted by Gasteiger charge is -2.31. The second-order valence-electron chi connectivity index (χ2n) is 9.13. The summed E-state index contributed by atoms with van der Waals surface area (Å²) in [6.45, 7) is 13.1. The highest BCUT2D eigenvalue weighted by Gasteiger charge is 2.27. The van der Waals surface area contributed by atoms with Crippen LogP contribution in [0, 0.1) is 5.92 Å². The Hall–Kier alpha value is -1.88. The highest BCUT2D eigenvalue weighted by atomic mass is 16.5. The molecule has 1 atom stereocenters. The number of nitrogens with zero attached hydrogens (tertiary/aromatic N) is 1. The van der Waals surface area contributed by atoms with E-state index >= 15 is 0 Å². The summed E-state index contributed by atoms with van der Waals surface area (Å²) in [5.74, 6) is 0.285. The number of ether oxygens (including phenoxy) is 1. The summed E-state index contributed by atoms with van der Waals surface area (Å²) in [5, 5.41) is 2.98. The van der Waals surface area contributed by atoms with Crippen LogP contribution in [-0.2, 0) is 26.2 Å². The molecule has 0 radical (unpaired) electrons. The Morgan fingerprint density at radius 2 is 1.71 bits per heavy atom. The first-order chi connectivity index (χ1) is 13.2. The van der Waals surface area contributed by atoms with Crippen molar-refractivity contribution < 1.29 is 14.3 Å². The molecule has 0 aliphatic carbocycles. The van der Waals surface area contributed by atoms with E-state index in [0.717, 1.165) is 5.56 Å². The van der Waals surface area contributed by atoms with Gasteiger partial charge < -0.3 is 15.0 Å². The second kappa shape index (κ2) is 10.1. The summed E-state index contributed by atoms with van der Waals surface area (Å²) in [4.78, 5) is 27.2. The Kier molecular flexibility index (Phi) is 8.05. The minimum atomic E-state index is -0.450. The SMILES string of the molecule is CC(C)CC(NC(=O)CCc1ccc(C(C)(C)C)cc1)C(=O)N1CCOCC1. The van der Waals surface area contributed by atoms with Gasteiger partial charge in [-0.15, -0.1) is 0 Å². The van der Waals surface area contributed by atoms with Gasteiger partial charge in [-0.3, -0.25) is 9.59 Å². The van der Waals surface area contributed by atoms with Gasteiger partial charge in [-0.05, 0) is 35.3 Å². The first-order valence-electron chi connectivity index (χ1n) is 10.4. The van der Waals surface area contributed by atoms with Crippen LogP contribution >= 0.6 is 0 Å². The van der Waals surface area contributed by atoms with E-state index in [1.807, 2.05) is 4.90 Å². The lowest BCUT2D eigenvalue weighted by molar-refractivity contribution is -0.140. The molecule has 1 aromatic carbocycles. The van der Waals surface area contributed by atoms with Crippen LogP contribution in [0.3, 0.4) is 0 Å². The standard InChI is InChI=1S/C23H36N2O3/c1-17(2)16-20(22(27)25-12-14-28-15-13-25)24-21(26)11-8-18-6-9-19(10-7-18)23(3,4)5/h6-7,9-10,17,20H,8,11-16H2,1-5H3,(H,24,26). The van der Waals surface area contributed by atoms with Gasteiger partial charge in [-0.25, -0.2) is 0 Å². The number of benzene rings is 1. The molecule has 1 N–H and O–H groups in total. The summed E-state index contributed by atoms with van der Waals surface area (Å²) in [6, 6.07) is 8.01. The van der Waals surface area contributed by atoms with E-state index in [9.17, 15) is 9.59 Å². The fourth-order valence-corrected chi connectivity index (χ4v) is 3.39. The predicted octanol–water partition coefficient (Wildman–Crippen LogP) is 3.31. The van der Waals surface area contributed by atoms with Crippen LogP contribution in [-0.4, -0.2) is 49.1 Å². The first-order valence-corrected chi connectivity index (χ1v) is 10.4. The van der Waals surface area contributed by atoms with Crippen molar-refractivity contribution in [3.05, 3.63) is 35.4 Å². The maximum absolute atomic E-state index is 12.8. The number of nitrogens with one attached hydrogen (secondary N) is 1. The highest BCUT2D eigenvalue weighted by Crippen LogP contribution is 2.22. The Morgan fingerprint density at radius 3 is 2.25 bits per heavy atom. The van der Waals surface area contributed by atoms with Crippen molar-refractivity contribution in [2.75, 3.05) is 26.3 Å². The molecule has 0 spiro atoms. The van der Waals surface area contributed by atoms with Crippen LogP contribution in [0.1, 0.15) is 58.6 Å². The summed E-state index contributed by atoms with van der Waals surface area (Å²) in [5.41, 5.74) is 2.55. The highest BCUT2D eigenvalue weighted by molar-refractivity contribution is 5.87. The van der Waals surface area contributed by atoms with Crippen molar-refractivity contribution >= 4 is 11.8 Å². The summed E-state index contributed by atoms with van der Waals surface area (Å²) >= 11 is 0. The van der Waals surface area contributed by atoms with Gasteiger partial charge in [0, 0.05) is 19.5 Å². The molecule has 0 aromatic heterocycles. The third-order valence-electron chi connectivity index (χ3n) is 5.12. The fraction of sp³-hybridized carbons (Fsp3) is 0.652. The molecule has 1 heterocycles. The van der Waals surface area contributed by atoms with Crippen LogP contribution in [0.15, 0.2) is 24.3 Å². The van der Waals surface area contributed by atoms with E-state index in [0.29, 0.717) is 51.5 Å². The molecule has 0 saturated carbocycles. The molecule has 1 aliphatic heterocycles. The lowest BCUT2D eigenvalue weighted by atomic mass is 9.86. The number of hydrogen-bond donors (Lipinski definition) is 1. The van der Waals surface area contributed by atoms with Crippen molar-refractivity contribution in [2.24, 2.45) is 5.92 Å². The molecule has 5 heteroatoms. The van der Waals surface area contributed by atoms with E-state index in [2.05, 4.69) is 64.2 Å². The normalized spacial score (nSPS) is 16.1. The molecule has 0 bridgehead atoms.